The number of amides is 1. The summed E-state index contributed by atoms with van der Waals surface area (Å²) in [4.78, 5) is 12.3. The zero-order chi connectivity index (χ0) is 18.5. The van der Waals surface area contributed by atoms with Crippen LogP contribution < -0.4 is 10.1 Å². The molecule has 0 spiro atoms. The standard InChI is InChI=1S/C22H23NO3/c1-4-17-6-8-18(9-7-17)23-22(24)21-12-11-20(26-21)14-25-19-10-5-15(2)16(3)13-19/h5-13H,4,14H2,1-3H3,(H,23,24). The van der Waals surface area contributed by atoms with Gasteiger partial charge in [-0.25, -0.2) is 0 Å². The number of nitrogens with one attached hydrogen (secondary N) is 1. The number of anilines is 1. The minimum Gasteiger partial charge on any atom is -0.486 e. The molecule has 3 rings (SSSR count). The molecule has 134 valence electrons. The first-order valence-electron chi connectivity index (χ1n) is 8.74. The summed E-state index contributed by atoms with van der Waals surface area (Å²) in [5.41, 5.74) is 4.38. The molecule has 3 aromatic rings. The minimum absolute atomic E-state index is 0.267. The molecule has 0 atom stereocenters. The minimum atomic E-state index is -0.272. The van der Waals surface area contributed by atoms with Gasteiger partial charge in [0.25, 0.3) is 5.91 Å². The van der Waals surface area contributed by atoms with E-state index in [0.29, 0.717) is 5.76 Å². The van der Waals surface area contributed by atoms with Crippen molar-refractivity contribution in [2.75, 3.05) is 5.32 Å². The van der Waals surface area contributed by atoms with E-state index in [2.05, 4.69) is 19.2 Å². The second-order valence-electron chi connectivity index (χ2n) is 6.31. The molecule has 4 nitrogen and oxygen atoms in total. The summed E-state index contributed by atoms with van der Waals surface area (Å²) < 4.78 is 11.3. The first kappa shape index (κ1) is 17.8. The Morgan fingerprint density at radius 3 is 2.46 bits per heavy atom. The van der Waals surface area contributed by atoms with Gasteiger partial charge in [-0.3, -0.25) is 4.79 Å². The molecule has 0 aliphatic rings. The lowest BCUT2D eigenvalue weighted by Gasteiger charge is -2.07. The smallest absolute Gasteiger partial charge is 0.291 e. The van der Waals surface area contributed by atoms with Crippen molar-refractivity contribution in [3.8, 4) is 5.75 Å². The molecule has 0 radical (unpaired) electrons. The van der Waals surface area contributed by atoms with Crippen molar-refractivity contribution < 1.29 is 13.9 Å². The number of aryl methyl sites for hydroxylation is 3. The maximum absolute atomic E-state index is 12.3. The summed E-state index contributed by atoms with van der Waals surface area (Å²) in [7, 11) is 0. The predicted molar refractivity (Wildman–Crippen MR) is 103 cm³/mol. The maximum atomic E-state index is 12.3. The van der Waals surface area contributed by atoms with E-state index >= 15 is 0 Å². The zero-order valence-corrected chi connectivity index (χ0v) is 15.3. The average molecular weight is 349 g/mol. The fourth-order valence-electron chi connectivity index (χ4n) is 2.55. The largest absolute Gasteiger partial charge is 0.486 e. The second-order valence-corrected chi connectivity index (χ2v) is 6.31. The van der Waals surface area contributed by atoms with Crippen molar-refractivity contribution in [1.82, 2.24) is 0 Å². The highest BCUT2D eigenvalue weighted by molar-refractivity contribution is 6.02. The molecule has 0 bridgehead atoms. The van der Waals surface area contributed by atoms with Crippen LogP contribution in [0.3, 0.4) is 0 Å². The summed E-state index contributed by atoms with van der Waals surface area (Å²) in [6.45, 7) is 6.48. The third kappa shape index (κ3) is 4.33. The molecule has 1 aromatic heterocycles. The summed E-state index contributed by atoms with van der Waals surface area (Å²) in [6.07, 6.45) is 0.969. The summed E-state index contributed by atoms with van der Waals surface area (Å²) >= 11 is 0. The van der Waals surface area contributed by atoms with Crippen LogP contribution in [0, 0.1) is 13.8 Å². The number of benzene rings is 2. The van der Waals surface area contributed by atoms with Crippen LogP contribution in [0.4, 0.5) is 5.69 Å². The summed E-state index contributed by atoms with van der Waals surface area (Å²) in [6, 6.07) is 17.2. The van der Waals surface area contributed by atoms with Crippen molar-refractivity contribution in [3.63, 3.8) is 0 Å². The molecular formula is C22H23NO3. The van der Waals surface area contributed by atoms with Crippen LogP contribution in [-0.2, 0) is 13.0 Å². The van der Waals surface area contributed by atoms with Crippen molar-refractivity contribution in [3.05, 3.63) is 82.8 Å². The Bertz CT molecular complexity index is 894. The van der Waals surface area contributed by atoms with Gasteiger partial charge < -0.3 is 14.5 Å². The summed E-state index contributed by atoms with van der Waals surface area (Å²) in [5.74, 6) is 1.39. The highest BCUT2D eigenvalue weighted by Gasteiger charge is 2.12. The number of rotatable bonds is 6. The van der Waals surface area contributed by atoms with E-state index in [-0.39, 0.29) is 18.3 Å². The Hall–Kier alpha value is -3.01. The lowest BCUT2D eigenvalue weighted by atomic mass is 10.1. The van der Waals surface area contributed by atoms with Gasteiger partial charge in [0.1, 0.15) is 18.1 Å². The fourth-order valence-corrected chi connectivity index (χ4v) is 2.55. The van der Waals surface area contributed by atoms with E-state index in [1.807, 2.05) is 49.4 Å². The van der Waals surface area contributed by atoms with Crippen LogP contribution in [0.5, 0.6) is 5.75 Å². The van der Waals surface area contributed by atoms with E-state index < -0.39 is 0 Å². The predicted octanol–water partition coefficient (Wildman–Crippen LogP) is 5.29. The lowest BCUT2D eigenvalue weighted by molar-refractivity contribution is 0.0992. The van der Waals surface area contributed by atoms with E-state index in [1.54, 1.807) is 12.1 Å². The maximum Gasteiger partial charge on any atom is 0.291 e. The number of hydrogen-bond acceptors (Lipinski definition) is 3. The zero-order valence-electron chi connectivity index (χ0n) is 15.3. The Morgan fingerprint density at radius 1 is 1.00 bits per heavy atom. The molecule has 4 heteroatoms. The molecule has 1 amide bonds. The quantitative estimate of drug-likeness (QED) is 0.658. The number of ether oxygens (including phenoxy) is 1. The van der Waals surface area contributed by atoms with E-state index in [9.17, 15) is 4.79 Å². The van der Waals surface area contributed by atoms with Gasteiger partial charge in [-0.2, -0.15) is 0 Å². The molecule has 0 aliphatic carbocycles. The van der Waals surface area contributed by atoms with Crippen molar-refractivity contribution in [2.45, 2.75) is 33.8 Å². The normalized spacial score (nSPS) is 10.6. The Morgan fingerprint density at radius 2 is 1.77 bits per heavy atom. The van der Waals surface area contributed by atoms with Gasteiger partial charge in [-0.05, 0) is 73.4 Å². The van der Waals surface area contributed by atoms with Gasteiger partial charge in [-0.15, -0.1) is 0 Å². The van der Waals surface area contributed by atoms with Gasteiger partial charge in [0, 0.05) is 5.69 Å². The number of carbonyl (C=O) groups excluding carboxylic acids is 1. The van der Waals surface area contributed by atoms with Gasteiger partial charge in [0.05, 0.1) is 0 Å². The van der Waals surface area contributed by atoms with Crippen LogP contribution in [-0.4, -0.2) is 5.91 Å². The van der Waals surface area contributed by atoms with Gasteiger partial charge in [-0.1, -0.05) is 25.1 Å². The van der Waals surface area contributed by atoms with Gasteiger partial charge >= 0.3 is 0 Å². The van der Waals surface area contributed by atoms with Crippen LogP contribution in [0.2, 0.25) is 0 Å². The van der Waals surface area contributed by atoms with E-state index in [0.717, 1.165) is 17.9 Å². The SMILES string of the molecule is CCc1ccc(NC(=O)c2ccc(COc3ccc(C)c(C)c3)o2)cc1. The van der Waals surface area contributed by atoms with E-state index in [1.165, 1.54) is 16.7 Å². The van der Waals surface area contributed by atoms with Crippen molar-refractivity contribution in [1.29, 1.82) is 0 Å². The molecule has 0 unspecified atom stereocenters. The van der Waals surface area contributed by atoms with Crippen LogP contribution in [0.15, 0.2) is 59.0 Å². The fraction of sp³-hybridized carbons (Fsp3) is 0.227. The average Bonchev–Trinajstić information content (AvgIpc) is 3.12. The third-order valence-electron chi connectivity index (χ3n) is 4.36. The topological polar surface area (TPSA) is 51.5 Å². The highest BCUT2D eigenvalue weighted by atomic mass is 16.5. The van der Waals surface area contributed by atoms with Gasteiger partial charge in [0.2, 0.25) is 0 Å². The summed E-state index contributed by atoms with van der Waals surface area (Å²) in [5, 5.41) is 2.84. The highest BCUT2D eigenvalue weighted by Crippen LogP contribution is 2.19. The molecule has 0 saturated carbocycles. The van der Waals surface area contributed by atoms with Gasteiger partial charge in [0.15, 0.2) is 5.76 Å². The Kier molecular flexibility index (Phi) is 5.42. The second kappa shape index (κ2) is 7.91. The first-order chi connectivity index (χ1) is 12.5. The van der Waals surface area contributed by atoms with Crippen LogP contribution in [0.25, 0.3) is 0 Å². The monoisotopic (exact) mass is 349 g/mol. The first-order valence-corrected chi connectivity index (χ1v) is 8.74. The molecule has 26 heavy (non-hydrogen) atoms. The van der Waals surface area contributed by atoms with Crippen molar-refractivity contribution >= 4 is 11.6 Å². The van der Waals surface area contributed by atoms with Crippen LogP contribution in [0.1, 0.15) is 39.9 Å². The molecule has 0 fully saturated rings. The number of furan rings is 1. The molecular weight excluding hydrogens is 326 g/mol. The molecule has 2 aromatic carbocycles. The van der Waals surface area contributed by atoms with Crippen molar-refractivity contribution in [2.24, 2.45) is 0 Å². The number of hydrogen-bond donors (Lipinski definition) is 1. The Balaban J connectivity index is 1.59. The number of carbonyl (C=O) groups is 1. The molecule has 1 N–H and O–H groups in total. The van der Waals surface area contributed by atoms with E-state index in [4.69, 9.17) is 9.15 Å². The third-order valence-corrected chi connectivity index (χ3v) is 4.36. The Labute approximate surface area is 153 Å². The molecule has 0 aliphatic heterocycles. The molecule has 1 heterocycles. The van der Waals surface area contributed by atoms with Crippen LogP contribution >= 0.6 is 0 Å². The lowest BCUT2D eigenvalue weighted by Crippen LogP contribution is -2.10. The molecule has 0 saturated heterocycles.